The number of β-amino-alcohol motifs (C(OH)–C–C–N with tert-alkyl or cyclic N) is 1. The molecule has 1 unspecified atom stereocenters. The van der Waals surface area contributed by atoms with Crippen LogP contribution in [0.4, 0.5) is 0 Å². The molecule has 0 radical (unpaired) electrons. The van der Waals surface area contributed by atoms with Crippen LogP contribution in [0.3, 0.4) is 0 Å². The maximum Gasteiger partial charge on any atom is 0.341 e. The van der Waals surface area contributed by atoms with Crippen molar-refractivity contribution < 1.29 is 24.1 Å². The first-order valence-electron chi connectivity index (χ1n) is 11.3. The molecule has 6 nitrogen and oxygen atoms in total. The van der Waals surface area contributed by atoms with Crippen LogP contribution in [0.25, 0.3) is 0 Å². The molecule has 0 saturated heterocycles. The van der Waals surface area contributed by atoms with Gasteiger partial charge in [-0.3, -0.25) is 0 Å². The fraction of sp³-hybridized carbons (Fsp3) is 0.321. The summed E-state index contributed by atoms with van der Waals surface area (Å²) in [6.45, 7) is 6.91. The maximum atomic E-state index is 12.7. The number of carbonyl (C=O) groups excluding carboxylic acids is 1. The number of hydrogen-bond donors (Lipinski definition) is 2. The van der Waals surface area contributed by atoms with Gasteiger partial charge in [0.15, 0.2) is 11.5 Å². The van der Waals surface area contributed by atoms with Crippen LogP contribution in [0.5, 0.6) is 11.5 Å². The van der Waals surface area contributed by atoms with Crippen molar-refractivity contribution >= 4 is 5.97 Å². The van der Waals surface area contributed by atoms with E-state index in [4.69, 9.17) is 14.2 Å². The molecule has 3 rings (SSSR count). The van der Waals surface area contributed by atoms with Crippen molar-refractivity contribution in [1.82, 2.24) is 5.32 Å². The molecule has 0 aliphatic heterocycles. The average molecular weight is 464 g/mol. The van der Waals surface area contributed by atoms with Crippen LogP contribution in [0.15, 0.2) is 72.8 Å². The molecule has 2 N–H and O–H groups in total. The second kappa shape index (κ2) is 11.7. The Morgan fingerprint density at radius 2 is 1.47 bits per heavy atom. The third-order valence-electron chi connectivity index (χ3n) is 5.16. The lowest BCUT2D eigenvalue weighted by Gasteiger charge is -2.24. The number of benzene rings is 3. The number of nitrogens with one attached hydrogen (secondary N) is 1. The van der Waals surface area contributed by atoms with E-state index in [9.17, 15) is 9.90 Å². The number of ether oxygens (including phenoxy) is 3. The summed E-state index contributed by atoms with van der Waals surface area (Å²) in [5, 5.41) is 14.1. The minimum Gasteiger partial charge on any atom is -0.485 e. The van der Waals surface area contributed by atoms with Gasteiger partial charge < -0.3 is 24.6 Å². The van der Waals surface area contributed by atoms with Gasteiger partial charge in [0.25, 0.3) is 0 Å². The Hall–Kier alpha value is -3.35. The van der Waals surface area contributed by atoms with Gasteiger partial charge in [-0.1, -0.05) is 60.7 Å². The van der Waals surface area contributed by atoms with E-state index < -0.39 is 12.1 Å². The summed E-state index contributed by atoms with van der Waals surface area (Å²) in [5.74, 6) is 0.0873. The molecule has 0 bridgehead atoms. The van der Waals surface area contributed by atoms with Crippen LogP contribution in [0, 0.1) is 0 Å². The third kappa shape index (κ3) is 7.33. The summed E-state index contributed by atoms with van der Waals surface area (Å²) >= 11 is 0. The van der Waals surface area contributed by atoms with Crippen molar-refractivity contribution in [3.05, 3.63) is 95.1 Å². The van der Waals surface area contributed by atoms with Crippen molar-refractivity contribution in [3.8, 4) is 11.5 Å². The summed E-state index contributed by atoms with van der Waals surface area (Å²) in [6.07, 6.45) is -0.857. The first-order chi connectivity index (χ1) is 16.3. The van der Waals surface area contributed by atoms with E-state index >= 15 is 0 Å². The first-order valence-corrected chi connectivity index (χ1v) is 11.3. The van der Waals surface area contributed by atoms with Crippen molar-refractivity contribution in [2.45, 2.75) is 45.6 Å². The van der Waals surface area contributed by atoms with Gasteiger partial charge in [-0.2, -0.15) is 0 Å². The fourth-order valence-electron chi connectivity index (χ4n) is 3.32. The molecule has 0 amide bonds. The minimum atomic E-state index is -0.857. The summed E-state index contributed by atoms with van der Waals surface area (Å²) < 4.78 is 17.2. The predicted octanol–water partition coefficient (Wildman–Crippen LogP) is 5.05. The lowest BCUT2D eigenvalue weighted by Crippen LogP contribution is -2.38. The summed E-state index contributed by atoms with van der Waals surface area (Å²) in [4.78, 5) is 12.7. The van der Waals surface area contributed by atoms with Gasteiger partial charge in [0, 0.05) is 12.1 Å². The van der Waals surface area contributed by atoms with Crippen LogP contribution in [-0.4, -0.2) is 30.3 Å². The van der Waals surface area contributed by atoms with Crippen LogP contribution in [0.2, 0.25) is 0 Å². The number of methoxy groups -OCH3 is 1. The fourth-order valence-corrected chi connectivity index (χ4v) is 3.32. The number of aliphatic hydroxyl groups is 1. The first kappa shape index (κ1) is 25.3. The Labute approximate surface area is 201 Å². The van der Waals surface area contributed by atoms with Gasteiger partial charge in [-0.25, -0.2) is 4.79 Å². The highest BCUT2D eigenvalue weighted by atomic mass is 16.5. The van der Waals surface area contributed by atoms with Gasteiger partial charge in [-0.15, -0.1) is 0 Å². The smallest absolute Gasteiger partial charge is 0.341 e. The number of rotatable bonds is 10. The molecule has 0 heterocycles. The molecule has 180 valence electrons. The Morgan fingerprint density at radius 1 is 0.912 bits per heavy atom. The van der Waals surface area contributed by atoms with Crippen molar-refractivity contribution in [1.29, 1.82) is 0 Å². The molecular weight excluding hydrogens is 430 g/mol. The molecule has 6 heteroatoms. The maximum absolute atomic E-state index is 12.7. The topological polar surface area (TPSA) is 77.0 Å². The average Bonchev–Trinajstić information content (AvgIpc) is 2.84. The molecule has 3 aromatic carbocycles. The van der Waals surface area contributed by atoms with Crippen LogP contribution in [0.1, 0.15) is 53.9 Å². The molecule has 0 saturated carbocycles. The molecule has 34 heavy (non-hydrogen) atoms. The normalized spacial score (nSPS) is 12.1. The van der Waals surface area contributed by atoms with E-state index in [0.717, 1.165) is 11.1 Å². The molecule has 0 aliphatic rings. The minimum absolute atomic E-state index is 0.169. The van der Waals surface area contributed by atoms with Crippen LogP contribution < -0.4 is 14.8 Å². The number of hydrogen-bond acceptors (Lipinski definition) is 6. The standard InChI is InChI=1S/C28H33NO5/c1-28(2,3)29-17-24(30)22-15-23(27(31)32-4)26(34-19-21-13-9-6-10-14-21)25(16-22)33-18-20-11-7-5-8-12-20/h5-16,24,29-30H,17-19H2,1-4H3. The van der Waals surface area contributed by atoms with Crippen molar-refractivity contribution in [3.63, 3.8) is 0 Å². The van der Waals surface area contributed by atoms with Gasteiger partial charge in [0.05, 0.1) is 13.2 Å². The molecule has 3 aromatic rings. The monoisotopic (exact) mass is 463 g/mol. The SMILES string of the molecule is COC(=O)c1cc(C(O)CNC(C)(C)C)cc(OCc2ccccc2)c1OCc1ccccc1. The van der Waals surface area contributed by atoms with Gasteiger partial charge in [0.2, 0.25) is 0 Å². The zero-order valence-corrected chi connectivity index (χ0v) is 20.2. The van der Waals surface area contributed by atoms with Crippen molar-refractivity contribution in [2.24, 2.45) is 0 Å². The predicted molar refractivity (Wildman–Crippen MR) is 132 cm³/mol. The van der Waals surface area contributed by atoms with E-state index in [1.807, 2.05) is 81.4 Å². The van der Waals surface area contributed by atoms with Gasteiger partial charge >= 0.3 is 5.97 Å². The lowest BCUT2D eigenvalue weighted by atomic mass is 10.0. The number of aliphatic hydroxyl groups excluding tert-OH is 1. The Balaban J connectivity index is 1.97. The van der Waals surface area contributed by atoms with E-state index in [-0.39, 0.29) is 30.1 Å². The summed E-state index contributed by atoms with van der Waals surface area (Å²) in [5.41, 5.74) is 2.49. The number of esters is 1. The van der Waals surface area contributed by atoms with Gasteiger partial charge in [0.1, 0.15) is 18.8 Å². The molecule has 1 atom stereocenters. The van der Waals surface area contributed by atoms with E-state index in [1.54, 1.807) is 12.1 Å². The third-order valence-corrected chi connectivity index (χ3v) is 5.16. The quantitative estimate of drug-likeness (QED) is 0.410. The Kier molecular flexibility index (Phi) is 8.68. The molecule has 0 aliphatic carbocycles. The molecular formula is C28H33NO5. The largest absolute Gasteiger partial charge is 0.485 e. The van der Waals surface area contributed by atoms with Gasteiger partial charge in [-0.05, 0) is 49.6 Å². The molecule has 0 spiro atoms. The van der Waals surface area contributed by atoms with Crippen molar-refractivity contribution in [2.75, 3.05) is 13.7 Å². The number of carbonyl (C=O) groups is 1. The summed E-state index contributed by atoms with van der Waals surface area (Å²) in [7, 11) is 1.32. The zero-order valence-electron chi connectivity index (χ0n) is 20.2. The Bertz CT molecular complexity index is 1060. The zero-order chi connectivity index (χ0) is 24.6. The second-order valence-electron chi connectivity index (χ2n) is 9.08. The molecule has 0 fully saturated rings. The van der Waals surface area contributed by atoms with E-state index in [2.05, 4.69) is 5.32 Å². The van der Waals surface area contributed by atoms with E-state index in [1.165, 1.54) is 7.11 Å². The van der Waals surface area contributed by atoms with Crippen LogP contribution in [-0.2, 0) is 18.0 Å². The highest BCUT2D eigenvalue weighted by Gasteiger charge is 2.24. The summed E-state index contributed by atoms with van der Waals surface area (Å²) in [6, 6.07) is 22.7. The highest BCUT2D eigenvalue weighted by Crippen LogP contribution is 2.37. The lowest BCUT2D eigenvalue weighted by molar-refractivity contribution is 0.0593. The highest BCUT2D eigenvalue weighted by molar-refractivity contribution is 5.94. The van der Waals surface area contributed by atoms with Crippen LogP contribution >= 0.6 is 0 Å². The Morgan fingerprint density at radius 3 is 2.00 bits per heavy atom. The second-order valence-corrected chi connectivity index (χ2v) is 9.08. The molecule has 0 aromatic heterocycles. The van der Waals surface area contributed by atoms with E-state index in [0.29, 0.717) is 17.9 Å².